The molecule has 2 N–H and O–H groups in total. The van der Waals surface area contributed by atoms with Gasteiger partial charge in [-0.05, 0) is 23.2 Å². The second-order valence-electron chi connectivity index (χ2n) is 6.27. The minimum atomic E-state index is 0.196. The van der Waals surface area contributed by atoms with Crippen molar-refractivity contribution in [3.8, 4) is 0 Å². The van der Waals surface area contributed by atoms with E-state index in [0.717, 1.165) is 11.3 Å². The molecule has 0 spiro atoms. The van der Waals surface area contributed by atoms with E-state index in [9.17, 15) is 0 Å². The molecular formula is C21H21N5OS. The van der Waals surface area contributed by atoms with Gasteiger partial charge in [-0.15, -0.1) is 0 Å². The molecule has 4 rings (SSSR count). The third-order valence-electron chi connectivity index (χ3n) is 4.52. The molecule has 2 heterocycles. The summed E-state index contributed by atoms with van der Waals surface area (Å²) in [7, 11) is 0. The van der Waals surface area contributed by atoms with Crippen molar-refractivity contribution < 1.29 is 4.18 Å². The van der Waals surface area contributed by atoms with Crippen LogP contribution in [0.1, 0.15) is 22.9 Å². The molecule has 0 aliphatic heterocycles. The van der Waals surface area contributed by atoms with Crippen LogP contribution in [0.2, 0.25) is 0 Å². The summed E-state index contributed by atoms with van der Waals surface area (Å²) in [5, 5.41) is 3.50. The molecule has 0 bridgehead atoms. The van der Waals surface area contributed by atoms with E-state index in [1.807, 2.05) is 18.4 Å². The summed E-state index contributed by atoms with van der Waals surface area (Å²) < 4.78 is 5.39. The highest BCUT2D eigenvalue weighted by molar-refractivity contribution is 7.93. The van der Waals surface area contributed by atoms with Gasteiger partial charge in [0.2, 0.25) is 0 Å². The first kappa shape index (κ1) is 18.5. The summed E-state index contributed by atoms with van der Waals surface area (Å²) in [5.74, 6) is 1.53. The average molecular weight is 392 g/mol. The molecule has 0 aliphatic rings. The number of anilines is 1. The van der Waals surface area contributed by atoms with Crippen molar-refractivity contribution >= 4 is 29.0 Å². The molecule has 0 saturated heterocycles. The van der Waals surface area contributed by atoms with Crippen molar-refractivity contribution in [3.63, 3.8) is 0 Å². The van der Waals surface area contributed by atoms with E-state index in [1.165, 1.54) is 23.2 Å². The van der Waals surface area contributed by atoms with E-state index >= 15 is 0 Å². The zero-order valence-corrected chi connectivity index (χ0v) is 16.3. The van der Waals surface area contributed by atoms with Crippen LogP contribution < -0.4 is 5.32 Å². The number of aromatic nitrogens is 4. The van der Waals surface area contributed by atoms with E-state index in [-0.39, 0.29) is 5.92 Å². The van der Waals surface area contributed by atoms with E-state index in [1.54, 1.807) is 6.33 Å². The number of imidazole rings is 1. The Labute approximate surface area is 168 Å². The van der Waals surface area contributed by atoms with Gasteiger partial charge in [-0.2, -0.15) is 0 Å². The number of benzene rings is 2. The Bertz CT molecular complexity index is 983. The van der Waals surface area contributed by atoms with Gasteiger partial charge in [0.25, 0.3) is 0 Å². The maximum Gasteiger partial charge on any atom is 0.183 e. The highest BCUT2D eigenvalue weighted by Crippen LogP contribution is 2.26. The lowest BCUT2D eigenvalue weighted by atomic mass is 9.91. The second kappa shape index (κ2) is 8.86. The van der Waals surface area contributed by atoms with E-state index in [4.69, 9.17) is 4.18 Å². The van der Waals surface area contributed by atoms with Gasteiger partial charge in [0, 0.05) is 18.7 Å². The predicted octanol–water partition coefficient (Wildman–Crippen LogP) is 4.39. The molecule has 0 saturated carbocycles. The molecule has 0 radical (unpaired) electrons. The van der Waals surface area contributed by atoms with Gasteiger partial charge in [-0.3, -0.25) is 0 Å². The SMILES string of the molecule is CSOCc1nc(NCC(c2ccccc2)c2ccccc2)c2[nH]cnc2n1. The van der Waals surface area contributed by atoms with Gasteiger partial charge < -0.3 is 14.5 Å². The van der Waals surface area contributed by atoms with Crippen molar-refractivity contribution in [3.05, 3.63) is 83.9 Å². The van der Waals surface area contributed by atoms with Crippen molar-refractivity contribution in [2.45, 2.75) is 12.5 Å². The molecule has 0 amide bonds. The first-order valence-electron chi connectivity index (χ1n) is 9.04. The van der Waals surface area contributed by atoms with Crippen LogP contribution >= 0.6 is 12.0 Å². The monoisotopic (exact) mass is 391 g/mol. The number of nitrogens with zero attached hydrogens (tertiary/aromatic N) is 3. The maximum absolute atomic E-state index is 5.39. The van der Waals surface area contributed by atoms with Crippen molar-refractivity contribution in [2.75, 3.05) is 18.1 Å². The van der Waals surface area contributed by atoms with Gasteiger partial charge >= 0.3 is 0 Å². The van der Waals surface area contributed by atoms with E-state index in [0.29, 0.717) is 24.6 Å². The number of rotatable bonds is 8. The molecule has 4 aromatic rings. The quantitative estimate of drug-likeness (QED) is 0.434. The van der Waals surface area contributed by atoms with Gasteiger partial charge in [0.15, 0.2) is 17.3 Å². The van der Waals surface area contributed by atoms with E-state index < -0.39 is 0 Å². The Morgan fingerprint density at radius 2 is 1.68 bits per heavy atom. The first-order valence-corrected chi connectivity index (χ1v) is 10.2. The van der Waals surface area contributed by atoms with Gasteiger partial charge in [-0.25, -0.2) is 15.0 Å². The van der Waals surface area contributed by atoms with Gasteiger partial charge in [-0.1, -0.05) is 60.7 Å². The predicted molar refractivity (Wildman–Crippen MR) is 113 cm³/mol. The van der Waals surface area contributed by atoms with Crippen LogP contribution in [0.3, 0.4) is 0 Å². The van der Waals surface area contributed by atoms with Crippen LogP contribution in [0.15, 0.2) is 67.0 Å². The fourth-order valence-electron chi connectivity index (χ4n) is 3.18. The Morgan fingerprint density at radius 1 is 1.00 bits per heavy atom. The molecule has 0 fully saturated rings. The third-order valence-corrected chi connectivity index (χ3v) is 4.87. The Balaban J connectivity index is 1.63. The number of hydrogen-bond donors (Lipinski definition) is 2. The largest absolute Gasteiger partial charge is 0.367 e. The minimum absolute atomic E-state index is 0.196. The van der Waals surface area contributed by atoms with Crippen molar-refractivity contribution in [1.29, 1.82) is 0 Å². The van der Waals surface area contributed by atoms with Crippen LogP contribution in [-0.4, -0.2) is 32.7 Å². The highest BCUT2D eigenvalue weighted by atomic mass is 32.2. The summed E-state index contributed by atoms with van der Waals surface area (Å²) in [6, 6.07) is 21.0. The lowest BCUT2D eigenvalue weighted by molar-refractivity contribution is 0.353. The summed E-state index contributed by atoms with van der Waals surface area (Å²) in [6.45, 7) is 1.03. The lowest BCUT2D eigenvalue weighted by Crippen LogP contribution is -2.16. The topological polar surface area (TPSA) is 75.7 Å². The Kier molecular flexibility index (Phi) is 5.84. The smallest absolute Gasteiger partial charge is 0.183 e. The molecule has 28 heavy (non-hydrogen) atoms. The molecule has 6 nitrogen and oxygen atoms in total. The molecule has 7 heteroatoms. The number of nitrogens with one attached hydrogen (secondary N) is 2. The zero-order chi connectivity index (χ0) is 19.2. The molecule has 2 aromatic carbocycles. The molecular weight excluding hydrogens is 370 g/mol. The summed E-state index contributed by atoms with van der Waals surface area (Å²) in [6.07, 6.45) is 3.51. The van der Waals surface area contributed by atoms with E-state index in [2.05, 4.69) is 73.8 Å². The minimum Gasteiger partial charge on any atom is -0.367 e. The summed E-state index contributed by atoms with van der Waals surface area (Å²) in [4.78, 5) is 16.5. The van der Waals surface area contributed by atoms with Gasteiger partial charge in [0.05, 0.1) is 6.33 Å². The number of fused-ring (bicyclic) bond motifs is 1. The Hall–Kier alpha value is -2.90. The highest BCUT2D eigenvalue weighted by Gasteiger charge is 2.16. The van der Waals surface area contributed by atoms with Gasteiger partial charge in [0.1, 0.15) is 12.1 Å². The van der Waals surface area contributed by atoms with Crippen molar-refractivity contribution in [2.24, 2.45) is 0 Å². The summed E-state index contributed by atoms with van der Waals surface area (Å²) >= 11 is 1.29. The summed E-state index contributed by atoms with van der Waals surface area (Å²) in [5.41, 5.74) is 3.94. The fourth-order valence-corrected chi connectivity index (χ4v) is 3.40. The molecule has 0 aliphatic carbocycles. The molecule has 0 atom stereocenters. The third kappa shape index (κ3) is 4.16. The Morgan fingerprint density at radius 3 is 2.32 bits per heavy atom. The second-order valence-corrected chi connectivity index (χ2v) is 6.84. The van der Waals surface area contributed by atoms with Crippen LogP contribution in [0.5, 0.6) is 0 Å². The van der Waals surface area contributed by atoms with Crippen molar-refractivity contribution in [1.82, 2.24) is 19.9 Å². The normalized spacial score (nSPS) is 11.2. The standard InChI is InChI=1S/C21H21N5OS/c1-28-27-13-18-25-20(19-21(26-18)24-14-23-19)22-12-17(15-8-4-2-5-9-15)16-10-6-3-7-11-16/h2-11,14,17H,12-13H2,1H3,(H2,22,23,24,25,26). The molecule has 0 unspecified atom stereocenters. The molecule has 142 valence electrons. The van der Waals surface area contributed by atoms with Crippen LogP contribution in [-0.2, 0) is 10.8 Å². The average Bonchev–Trinajstić information content (AvgIpc) is 3.23. The molecule has 2 aromatic heterocycles. The maximum atomic E-state index is 5.39. The number of H-pyrrole nitrogens is 1. The number of hydrogen-bond acceptors (Lipinski definition) is 6. The first-order chi connectivity index (χ1) is 13.8. The van der Waals surface area contributed by atoms with Crippen LogP contribution in [0, 0.1) is 0 Å². The fraction of sp³-hybridized carbons (Fsp3) is 0.190. The van der Waals surface area contributed by atoms with Crippen LogP contribution in [0.25, 0.3) is 11.2 Å². The number of aromatic amines is 1. The van der Waals surface area contributed by atoms with Crippen LogP contribution in [0.4, 0.5) is 5.82 Å². The zero-order valence-electron chi connectivity index (χ0n) is 15.5. The lowest BCUT2D eigenvalue weighted by Gasteiger charge is -2.19.